The van der Waals surface area contributed by atoms with Gasteiger partial charge in [0.2, 0.25) is 0 Å². The molecular weight excluding hydrogens is 205 g/mol. The fourth-order valence-corrected chi connectivity index (χ4v) is 1.79. The minimum absolute atomic E-state index is 0.223. The summed E-state index contributed by atoms with van der Waals surface area (Å²) >= 11 is 0. The maximum Gasteiger partial charge on any atom is 0.165 e. The average molecular weight is 225 g/mol. The lowest BCUT2D eigenvalue weighted by atomic mass is 10.0. The lowest BCUT2D eigenvalue weighted by Crippen LogP contribution is -2.16. The minimum Gasteiger partial charge on any atom is -0.494 e. The molecule has 16 heavy (non-hydrogen) atoms. The maximum atomic E-state index is 13.5. The quantitative estimate of drug-likeness (QED) is 0.802. The Bertz CT molecular complexity index is 328. The van der Waals surface area contributed by atoms with E-state index in [1.165, 1.54) is 7.11 Å². The van der Waals surface area contributed by atoms with Crippen LogP contribution in [0.25, 0.3) is 0 Å². The summed E-state index contributed by atoms with van der Waals surface area (Å²) in [6.07, 6.45) is 3.31. The molecule has 0 aliphatic heterocycles. The molecule has 1 unspecified atom stereocenters. The van der Waals surface area contributed by atoms with Crippen LogP contribution in [0.5, 0.6) is 5.75 Å². The first-order chi connectivity index (χ1) is 7.72. The van der Waals surface area contributed by atoms with Crippen LogP contribution >= 0.6 is 0 Å². The zero-order valence-electron chi connectivity index (χ0n) is 10.2. The zero-order chi connectivity index (χ0) is 12.0. The molecule has 3 heteroatoms. The van der Waals surface area contributed by atoms with E-state index in [-0.39, 0.29) is 11.9 Å². The largest absolute Gasteiger partial charge is 0.494 e. The van der Waals surface area contributed by atoms with E-state index in [9.17, 15) is 4.39 Å². The van der Waals surface area contributed by atoms with E-state index >= 15 is 0 Å². The van der Waals surface area contributed by atoms with Gasteiger partial charge in [-0.3, -0.25) is 0 Å². The summed E-state index contributed by atoms with van der Waals surface area (Å²) in [5.41, 5.74) is 0.981. The van der Waals surface area contributed by atoms with Gasteiger partial charge in [0.15, 0.2) is 11.6 Å². The van der Waals surface area contributed by atoms with Crippen molar-refractivity contribution >= 4 is 0 Å². The molecule has 0 bridgehead atoms. The van der Waals surface area contributed by atoms with Crippen molar-refractivity contribution in [3.63, 3.8) is 0 Å². The normalized spacial score (nSPS) is 12.5. The summed E-state index contributed by atoms with van der Waals surface area (Å²) in [7, 11) is 3.38. The van der Waals surface area contributed by atoms with Gasteiger partial charge in [-0.1, -0.05) is 25.8 Å². The fourth-order valence-electron chi connectivity index (χ4n) is 1.79. The second kappa shape index (κ2) is 6.48. The SMILES string of the molecule is CCCCC(NC)c1ccc(OC)c(F)c1. The fraction of sp³-hybridized carbons (Fsp3) is 0.538. The van der Waals surface area contributed by atoms with E-state index in [1.807, 2.05) is 13.1 Å². The van der Waals surface area contributed by atoms with Crippen LogP contribution in [0.1, 0.15) is 37.8 Å². The van der Waals surface area contributed by atoms with Crippen molar-refractivity contribution in [1.29, 1.82) is 0 Å². The summed E-state index contributed by atoms with van der Waals surface area (Å²) < 4.78 is 18.4. The molecule has 0 aromatic heterocycles. The van der Waals surface area contributed by atoms with Crippen molar-refractivity contribution in [1.82, 2.24) is 5.32 Å². The lowest BCUT2D eigenvalue weighted by Gasteiger charge is -2.16. The van der Waals surface area contributed by atoms with E-state index in [4.69, 9.17) is 4.74 Å². The first kappa shape index (κ1) is 13.0. The van der Waals surface area contributed by atoms with Crippen molar-refractivity contribution in [3.8, 4) is 5.75 Å². The van der Waals surface area contributed by atoms with Crippen LogP contribution in [-0.2, 0) is 0 Å². The maximum absolute atomic E-state index is 13.5. The van der Waals surface area contributed by atoms with E-state index in [0.29, 0.717) is 5.75 Å². The molecule has 0 radical (unpaired) electrons. The number of halogens is 1. The van der Waals surface area contributed by atoms with Crippen LogP contribution in [0.2, 0.25) is 0 Å². The van der Waals surface area contributed by atoms with Gasteiger partial charge >= 0.3 is 0 Å². The molecule has 0 amide bonds. The Morgan fingerprint density at radius 1 is 1.44 bits per heavy atom. The Hall–Kier alpha value is -1.09. The summed E-state index contributed by atoms with van der Waals surface area (Å²) in [4.78, 5) is 0. The Morgan fingerprint density at radius 3 is 2.69 bits per heavy atom. The smallest absolute Gasteiger partial charge is 0.165 e. The molecule has 0 saturated heterocycles. The van der Waals surface area contributed by atoms with E-state index in [2.05, 4.69) is 12.2 Å². The van der Waals surface area contributed by atoms with Gasteiger partial charge in [-0.25, -0.2) is 4.39 Å². The van der Waals surface area contributed by atoms with Crippen LogP contribution in [-0.4, -0.2) is 14.2 Å². The van der Waals surface area contributed by atoms with E-state index in [1.54, 1.807) is 12.1 Å². The molecule has 90 valence electrons. The van der Waals surface area contributed by atoms with Crippen molar-refractivity contribution in [3.05, 3.63) is 29.6 Å². The highest BCUT2D eigenvalue weighted by Gasteiger charge is 2.11. The zero-order valence-corrected chi connectivity index (χ0v) is 10.2. The Kier molecular flexibility index (Phi) is 5.26. The Morgan fingerprint density at radius 2 is 2.19 bits per heavy atom. The third kappa shape index (κ3) is 3.20. The predicted octanol–water partition coefficient (Wildman–Crippen LogP) is 3.29. The lowest BCUT2D eigenvalue weighted by molar-refractivity contribution is 0.385. The molecule has 1 aromatic rings. The molecule has 0 heterocycles. The van der Waals surface area contributed by atoms with Crippen molar-refractivity contribution in [2.75, 3.05) is 14.2 Å². The first-order valence-electron chi connectivity index (χ1n) is 5.73. The first-order valence-corrected chi connectivity index (χ1v) is 5.73. The Labute approximate surface area is 96.8 Å². The van der Waals surface area contributed by atoms with Gasteiger partial charge in [0, 0.05) is 6.04 Å². The molecule has 0 saturated carbocycles. The third-order valence-electron chi connectivity index (χ3n) is 2.77. The van der Waals surface area contributed by atoms with Crippen molar-refractivity contribution in [2.24, 2.45) is 0 Å². The van der Waals surface area contributed by atoms with Gasteiger partial charge in [-0.05, 0) is 31.2 Å². The molecule has 1 atom stereocenters. The highest BCUT2D eigenvalue weighted by atomic mass is 19.1. The van der Waals surface area contributed by atoms with Crippen molar-refractivity contribution in [2.45, 2.75) is 32.2 Å². The van der Waals surface area contributed by atoms with Gasteiger partial charge in [0.05, 0.1) is 7.11 Å². The second-order valence-corrected chi connectivity index (χ2v) is 3.88. The summed E-state index contributed by atoms with van der Waals surface area (Å²) in [6.45, 7) is 2.15. The summed E-state index contributed by atoms with van der Waals surface area (Å²) in [5.74, 6) is 0.00541. The summed E-state index contributed by atoms with van der Waals surface area (Å²) in [6, 6.07) is 5.37. The molecule has 0 fully saturated rings. The van der Waals surface area contributed by atoms with Crippen LogP contribution in [0.4, 0.5) is 4.39 Å². The Balaban J connectivity index is 2.80. The number of methoxy groups -OCH3 is 1. The molecule has 1 rings (SSSR count). The molecule has 0 spiro atoms. The van der Waals surface area contributed by atoms with Gasteiger partial charge in [0.25, 0.3) is 0 Å². The number of hydrogen-bond donors (Lipinski definition) is 1. The topological polar surface area (TPSA) is 21.3 Å². The molecular formula is C13H20FNO. The van der Waals surface area contributed by atoms with E-state index < -0.39 is 0 Å². The van der Waals surface area contributed by atoms with Crippen molar-refractivity contribution < 1.29 is 9.13 Å². The monoisotopic (exact) mass is 225 g/mol. The average Bonchev–Trinajstić information content (AvgIpc) is 2.30. The molecule has 2 nitrogen and oxygen atoms in total. The summed E-state index contributed by atoms with van der Waals surface area (Å²) in [5, 5.41) is 3.21. The van der Waals surface area contributed by atoms with Crippen LogP contribution < -0.4 is 10.1 Å². The number of unbranched alkanes of at least 4 members (excludes halogenated alkanes) is 1. The van der Waals surface area contributed by atoms with Gasteiger partial charge in [-0.15, -0.1) is 0 Å². The molecule has 1 N–H and O–H groups in total. The van der Waals surface area contributed by atoms with Crippen LogP contribution in [0, 0.1) is 5.82 Å². The van der Waals surface area contributed by atoms with E-state index in [0.717, 1.165) is 24.8 Å². The van der Waals surface area contributed by atoms with Gasteiger partial charge < -0.3 is 10.1 Å². The number of nitrogens with one attached hydrogen (secondary N) is 1. The molecule has 0 aliphatic rings. The molecule has 1 aromatic carbocycles. The number of benzene rings is 1. The number of rotatable bonds is 6. The van der Waals surface area contributed by atoms with Gasteiger partial charge in [0.1, 0.15) is 0 Å². The highest BCUT2D eigenvalue weighted by molar-refractivity contribution is 5.31. The third-order valence-corrected chi connectivity index (χ3v) is 2.77. The molecule has 0 aliphatic carbocycles. The van der Waals surface area contributed by atoms with Crippen LogP contribution in [0.3, 0.4) is 0 Å². The minimum atomic E-state index is -0.295. The second-order valence-electron chi connectivity index (χ2n) is 3.88. The van der Waals surface area contributed by atoms with Crippen LogP contribution in [0.15, 0.2) is 18.2 Å². The standard InChI is InChI=1S/C13H20FNO/c1-4-5-6-12(15-2)10-7-8-13(16-3)11(14)9-10/h7-9,12,15H,4-6H2,1-3H3. The predicted molar refractivity (Wildman–Crippen MR) is 64.3 cm³/mol. The number of hydrogen-bond acceptors (Lipinski definition) is 2. The highest BCUT2D eigenvalue weighted by Crippen LogP contribution is 2.24. The number of ether oxygens (including phenoxy) is 1. The van der Waals surface area contributed by atoms with Gasteiger partial charge in [-0.2, -0.15) is 0 Å².